The SMILES string of the molecule is CCCOc1cccc(C(O)=C2C(=O)C(=O)N(CCCN3CCOCC3)C2c2ccc(Cl)c(Cl)c2)c1. The molecule has 1 amide bonds. The van der Waals surface area contributed by atoms with Crippen LogP contribution in [0.3, 0.4) is 0 Å². The highest BCUT2D eigenvalue weighted by Gasteiger charge is 2.46. The maximum atomic E-state index is 13.3. The molecule has 1 unspecified atom stereocenters. The molecule has 2 fully saturated rings. The fourth-order valence-corrected chi connectivity index (χ4v) is 4.84. The number of halogens is 2. The monoisotopic (exact) mass is 532 g/mol. The zero-order valence-electron chi connectivity index (χ0n) is 20.2. The number of amides is 1. The van der Waals surface area contributed by atoms with Gasteiger partial charge in [-0.1, -0.05) is 48.3 Å². The number of ketones is 1. The minimum absolute atomic E-state index is 0.0254. The molecule has 2 heterocycles. The first-order valence-electron chi connectivity index (χ1n) is 12.2. The van der Waals surface area contributed by atoms with Crippen LogP contribution in [0.5, 0.6) is 5.75 Å². The zero-order valence-corrected chi connectivity index (χ0v) is 21.7. The third-order valence-corrected chi connectivity index (χ3v) is 7.10. The van der Waals surface area contributed by atoms with Crippen molar-refractivity contribution >= 4 is 40.7 Å². The van der Waals surface area contributed by atoms with E-state index in [2.05, 4.69) is 4.90 Å². The number of carbonyl (C=O) groups is 2. The van der Waals surface area contributed by atoms with Gasteiger partial charge in [0.05, 0.1) is 41.5 Å². The predicted octanol–water partition coefficient (Wildman–Crippen LogP) is 4.93. The number of hydrogen-bond acceptors (Lipinski definition) is 6. The fourth-order valence-electron chi connectivity index (χ4n) is 4.54. The standard InChI is InChI=1S/C27H30Cl2N2O5/c1-2-13-36-20-6-3-5-19(16-20)25(32)23-24(18-7-8-21(28)22(29)17-18)31(27(34)26(23)33)10-4-9-30-11-14-35-15-12-30/h3,5-8,16-17,24,32H,2,4,9-15H2,1H3. The Bertz CT molecular complexity index is 1150. The van der Waals surface area contributed by atoms with Gasteiger partial charge < -0.3 is 19.5 Å². The molecule has 2 aromatic carbocycles. The lowest BCUT2D eigenvalue weighted by molar-refractivity contribution is -0.140. The van der Waals surface area contributed by atoms with Crippen molar-refractivity contribution in [3.05, 3.63) is 69.2 Å². The number of carbonyl (C=O) groups excluding carboxylic acids is 2. The van der Waals surface area contributed by atoms with Crippen LogP contribution < -0.4 is 4.74 Å². The van der Waals surface area contributed by atoms with Gasteiger partial charge in [-0.3, -0.25) is 14.5 Å². The molecule has 0 saturated carbocycles. The Morgan fingerprint density at radius 1 is 1.08 bits per heavy atom. The normalized spacial score (nSPS) is 20.2. The van der Waals surface area contributed by atoms with Crippen LogP contribution in [0.2, 0.25) is 10.0 Å². The molecule has 2 aliphatic heterocycles. The molecule has 4 rings (SSSR count). The summed E-state index contributed by atoms with van der Waals surface area (Å²) < 4.78 is 11.1. The third kappa shape index (κ3) is 5.86. The summed E-state index contributed by atoms with van der Waals surface area (Å²) in [5.41, 5.74) is 1.03. The molecule has 9 heteroatoms. The predicted molar refractivity (Wildman–Crippen MR) is 140 cm³/mol. The van der Waals surface area contributed by atoms with Crippen LogP contribution in [0.4, 0.5) is 0 Å². The van der Waals surface area contributed by atoms with E-state index in [0.29, 0.717) is 59.7 Å². The van der Waals surface area contributed by atoms with Crippen molar-refractivity contribution in [1.82, 2.24) is 9.80 Å². The molecule has 7 nitrogen and oxygen atoms in total. The van der Waals surface area contributed by atoms with E-state index in [0.717, 1.165) is 26.1 Å². The van der Waals surface area contributed by atoms with Crippen LogP contribution in [-0.2, 0) is 14.3 Å². The summed E-state index contributed by atoms with van der Waals surface area (Å²) in [6, 6.07) is 11.1. The van der Waals surface area contributed by atoms with Gasteiger partial charge in [0.1, 0.15) is 11.5 Å². The molecular weight excluding hydrogens is 503 g/mol. The Morgan fingerprint density at radius 2 is 1.86 bits per heavy atom. The number of ether oxygens (including phenoxy) is 2. The fraction of sp³-hybridized carbons (Fsp3) is 0.407. The van der Waals surface area contributed by atoms with Crippen LogP contribution >= 0.6 is 23.2 Å². The summed E-state index contributed by atoms with van der Waals surface area (Å²) in [6.07, 6.45) is 1.51. The number of likely N-dealkylation sites (tertiary alicyclic amines) is 1. The first-order chi connectivity index (χ1) is 17.4. The molecule has 36 heavy (non-hydrogen) atoms. The molecule has 1 N–H and O–H groups in total. The van der Waals surface area contributed by atoms with E-state index < -0.39 is 17.7 Å². The van der Waals surface area contributed by atoms with Crippen LogP contribution in [0.25, 0.3) is 5.76 Å². The first kappa shape index (κ1) is 26.5. The lowest BCUT2D eigenvalue weighted by Gasteiger charge is -2.29. The second-order valence-corrected chi connectivity index (χ2v) is 9.66. The summed E-state index contributed by atoms with van der Waals surface area (Å²) in [5, 5.41) is 12.0. The van der Waals surface area contributed by atoms with Gasteiger partial charge in [0.15, 0.2) is 0 Å². The van der Waals surface area contributed by atoms with E-state index in [4.69, 9.17) is 32.7 Å². The number of hydrogen-bond donors (Lipinski definition) is 1. The Morgan fingerprint density at radius 3 is 2.58 bits per heavy atom. The summed E-state index contributed by atoms with van der Waals surface area (Å²) in [7, 11) is 0. The molecule has 2 aromatic rings. The van der Waals surface area contributed by atoms with Crippen molar-refractivity contribution in [2.75, 3.05) is 46.0 Å². The Kier molecular flexibility index (Phi) is 8.90. The summed E-state index contributed by atoms with van der Waals surface area (Å²) in [4.78, 5) is 30.2. The van der Waals surface area contributed by atoms with Gasteiger partial charge in [0.2, 0.25) is 0 Å². The smallest absolute Gasteiger partial charge is 0.295 e. The van der Waals surface area contributed by atoms with E-state index in [9.17, 15) is 14.7 Å². The van der Waals surface area contributed by atoms with Gasteiger partial charge in [0.25, 0.3) is 11.7 Å². The minimum atomic E-state index is -0.787. The van der Waals surface area contributed by atoms with Crippen molar-refractivity contribution < 1.29 is 24.2 Å². The second-order valence-electron chi connectivity index (χ2n) is 8.85. The molecule has 2 saturated heterocycles. The van der Waals surface area contributed by atoms with Gasteiger partial charge in [0, 0.05) is 31.7 Å². The highest BCUT2D eigenvalue weighted by atomic mass is 35.5. The molecule has 0 aromatic heterocycles. The summed E-state index contributed by atoms with van der Waals surface area (Å²) in [5.74, 6) is -1.04. The number of benzene rings is 2. The van der Waals surface area contributed by atoms with Crippen LogP contribution in [0, 0.1) is 0 Å². The molecule has 0 bridgehead atoms. The van der Waals surface area contributed by atoms with Crippen LogP contribution in [0.15, 0.2) is 48.0 Å². The molecule has 0 radical (unpaired) electrons. The third-order valence-electron chi connectivity index (χ3n) is 6.36. The highest BCUT2D eigenvalue weighted by Crippen LogP contribution is 2.41. The Hall–Kier alpha value is -2.58. The average Bonchev–Trinajstić information content (AvgIpc) is 3.14. The molecule has 1 atom stereocenters. The van der Waals surface area contributed by atoms with Crippen LogP contribution in [-0.4, -0.2) is 72.6 Å². The molecule has 0 spiro atoms. The van der Waals surface area contributed by atoms with Crippen molar-refractivity contribution in [1.29, 1.82) is 0 Å². The topological polar surface area (TPSA) is 79.3 Å². The largest absolute Gasteiger partial charge is 0.507 e. The van der Waals surface area contributed by atoms with Crippen molar-refractivity contribution in [3.8, 4) is 5.75 Å². The summed E-state index contributed by atoms with van der Waals surface area (Å²) >= 11 is 12.4. The van der Waals surface area contributed by atoms with Crippen molar-refractivity contribution in [2.24, 2.45) is 0 Å². The van der Waals surface area contributed by atoms with Crippen molar-refractivity contribution in [2.45, 2.75) is 25.8 Å². The van der Waals surface area contributed by atoms with E-state index in [1.54, 1.807) is 42.5 Å². The number of Topliss-reactive ketones (excluding diaryl/α,β-unsaturated/α-hetero) is 1. The quantitative estimate of drug-likeness (QED) is 0.280. The van der Waals surface area contributed by atoms with Crippen LogP contribution in [0.1, 0.15) is 36.9 Å². The lowest BCUT2D eigenvalue weighted by atomic mass is 9.95. The Labute approximate surface area is 221 Å². The number of nitrogens with zero attached hydrogens (tertiary/aromatic N) is 2. The highest BCUT2D eigenvalue weighted by molar-refractivity contribution is 6.46. The maximum absolute atomic E-state index is 13.3. The Balaban J connectivity index is 1.69. The van der Waals surface area contributed by atoms with Gasteiger partial charge in [-0.15, -0.1) is 0 Å². The summed E-state index contributed by atoms with van der Waals surface area (Å²) in [6.45, 7) is 6.71. The lowest BCUT2D eigenvalue weighted by Crippen LogP contribution is -2.38. The van der Waals surface area contributed by atoms with Gasteiger partial charge in [-0.2, -0.15) is 0 Å². The van der Waals surface area contributed by atoms with E-state index in [1.165, 1.54) is 4.90 Å². The number of rotatable bonds is 9. The van der Waals surface area contributed by atoms with E-state index in [1.807, 2.05) is 6.92 Å². The van der Waals surface area contributed by atoms with Gasteiger partial charge in [-0.25, -0.2) is 0 Å². The molecular formula is C27H30Cl2N2O5. The number of aliphatic hydroxyl groups excluding tert-OH is 1. The molecule has 192 valence electrons. The van der Waals surface area contributed by atoms with E-state index in [-0.39, 0.29) is 11.3 Å². The van der Waals surface area contributed by atoms with Gasteiger partial charge in [-0.05, 0) is 42.7 Å². The number of morpholine rings is 1. The minimum Gasteiger partial charge on any atom is -0.507 e. The molecule has 2 aliphatic rings. The average molecular weight is 533 g/mol. The first-order valence-corrected chi connectivity index (χ1v) is 12.9. The maximum Gasteiger partial charge on any atom is 0.295 e. The van der Waals surface area contributed by atoms with Crippen molar-refractivity contribution in [3.63, 3.8) is 0 Å². The zero-order chi connectivity index (χ0) is 25.7. The second kappa shape index (κ2) is 12.1. The molecule has 0 aliphatic carbocycles. The van der Waals surface area contributed by atoms with E-state index >= 15 is 0 Å². The number of aliphatic hydroxyl groups is 1. The van der Waals surface area contributed by atoms with Gasteiger partial charge >= 0.3 is 0 Å².